The van der Waals surface area contributed by atoms with Crippen molar-refractivity contribution >= 4 is 18.0 Å². The van der Waals surface area contributed by atoms with Crippen molar-refractivity contribution in [2.45, 2.75) is 37.9 Å². The molecule has 7 heteroatoms. The second-order valence-corrected chi connectivity index (χ2v) is 7.24. The molecule has 0 atom stereocenters. The van der Waals surface area contributed by atoms with Gasteiger partial charge in [0.1, 0.15) is 30.2 Å². The van der Waals surface area contributed by atoms with E-state index in [1.54, 1.807) is 29.0 Å². The fraction of sp³-hybridized carbons (Fsp3) is 0.316. The lowest BCUT2D eigenvalue weighted by Gasteiger charge is -2.06. The fourth-order valence-electron chi connectivity index (χ4n) is 2.98. The third kappa shape index (κ3) is 3.83. The van der Waals surface area contributed by atoms with E-state index in [-0.39, 0.29) is 0 Å². The molecule has 0 unspecified atom stereocenters. The zero-order valence-corrected chi connectivity index (χ0v) is 15.4. The van der Waals surface area contributed by atoms with E-state index in [1.165, 1.54) is 24.0 Å². The summed E-state index contributed by atoms with van der Waals surface area (Å²) in [6.45, 7) is 2.46. The summed E-state index contributed by atoms with van der Waals surface area (Å²) in [6, 6.07) is 10.1. The molecule has 1 aliphatic rings. The Hall–Kier alpha value is -2.54. The maximum Gasteiger partial charge on any atom is 0.211 e. The summed E-state index contributed by atoms with van der Waals surface area (Å²) in [5, 5.41) is 13.0. The van der Waals surface area contributed by atoms with E-state index in [0.29, 0.717) is 12.4 Å². The molecule has 1 aliphatic carbocycles. The van der Waals surface area contributed by atoms with Crippen molar-refractivity contribution in [1.29, 1.82) is 0 Å². The van der Waals surface area contributed by atoms with Crippen molar-refractivity contribution in [3.05, 3.63) is 59.3 Å². The minimum absolute atomic E-state index is 0.399. The lowest BCUT2D eigenvalue weighted by Crippen LogP contribution is -1.95. The van der Waals surface area contributed by atoms with Gasteiger partial charge < -0.3 is 9.15 Å². The van der Waals surface area contributed by atoms with Crippen LogP contribution in [-0.4, -0.2) is 26.8 Å². The van der Waals surface area contributed by atoms with Crippen LogP contribution in [0.2, 0.25) is 0 Å². The molecule has 0 saturated heterocycles. The van der Waals surface area contributed by atoms with Crippen molar-refractivity contribution < 1.29 is 9.15 Å². The molecule has 0 N–H and O–H groups in total. The third-order valence-electron chi connectivity index (χ3n) is 4.22. The van der Waals surface area contributed by atoms with Crippen LogP contribution in [0.15, 0.2) is 51.3 Å². The molecular formula is C19H20N4O2S. The summed E-state index contributed by atoms with van der Waals surface area (Å²) in [7, 11) is 0. The Kier molecular flexibility index (Phi) is 5.06. The maximum absolute atomic E-state index is 5.87. The molecule has 0 fully saturated rings. The number of thioether (sulfide) groups is 1. The van der Waals surface area contributed by atoms with Crippen molar-refractivity contribution in [1.82, 2.24) is 14.9 Å². The van der Waals surface area contributed by atoms with Crippen LogP contribution in [0.4, 0.5) is 0 Å². The molecule has 1 aromatic carbocycles. The number of hydrogen-bond donors (Lipinski definition) is 0. The first-order chi connectivity index (χ1) is 12.8. The highest BCUT2D eigenvalue weighted by molar-refractivity contribution is 7.99. The molecular weight excluding hydrogens is 348 g/mol. The summed E-state index contributed by atoms with van der Waals surface area (Å²) in [5.74, 6) is 3.24. The molecule has 3 aromatic rings. The summed E-state index contributed by atoms with van der Waals surface area (Å²) < 4.78 is 13.3. The Labute approximate surface area is 156 Å². The minimum atomic E-state index is 0.399. The van der Waals surface area contributed by atoms with Crippen LogP contribution in [0.5, 0.6) is 5.75 Å². The van der Waals surface area contributed by atoms with E-state index in [4.69, 9.17) is 9.15 Å². The van der Waals surface area contributed by atoms with Gasteiger partial charge in [0.2, 0.25) is 5.16 Å². The van der Waals surface area contributed by atoms with E-state index >= 15 is 0 Å². The van der Waals surface area contributed by atoms with Gasteiger partial charge in [-0.05, 0) is 60.4 Å². The number of aryl methyl sites for hydroxylation is 2. The molecule has 2 aromatic heterocycles. The van der Waals surface area contributed by atoms with Gasteiger partial charge >= 0.3 is 0 Å². The van der Waals surface area contributed by atoms with Crippen molar-refractivity contribution in [2.75, 3.05) is 5.75 Å². The first-order valence-electron chi connectivity index (χ1n) is 8.72. The van der Waals surface area contributed by atoms with E-state index in [0.717, 1.165) is 28.8 Å². The molecule has 0 aliphatic heterocycles. The summed E-state index contributed by atoms with van der Waals surface area (Å²) in [6.07, 6.45) is 6.80. The van der Waals surface area contributed by atoms with Gasteiger partial charge in [0, 0.05) is 0 Å². The van der Waals surface area contributed by atoms with Crippen LogP contribution in [-0.2, 0) is 19.4 Å². The third-order valence-corrected chi connectivity index (χ3v) is 5.03. The second kappa shape index (κ2) is 7.78. The molecule has 0 spiro atoms. The highest BCUT2D eigenvalue weighted by atomic mass is 32.2. The molecule has 4 rings (SSSR count). The number of ether oxygens (including phenoxy) is 1. The minimum Gasteiger partial charge on any atom is -0.486 e. The van der Waals surface area contributed by atoms with Crippen molar-refractivity contribution in [2.24, 2.45) is 5.10 Å². The van der Waals surface area contributed by atoms with Crippen LogP contribution in [0.1, 0.15) is 36.0 Å². The van der Waals surface area contributed by atoms with E-state index < -0.39 is 0 Å². The summed E-state index contributed by atoms with van der Waals surface area (Å²) in [4.78, 5) is 0. The molecule has 2 heterocycles. The maximum atomic E-state index is 5.87. The van der Waals surface area contributed by atoms with Crippen molar-refractivity contribution in [3.8, 4) is 5.75 Å². The molecule has 0 amide bonds. The number of nitrogens with zero attached hydrogens (tertiary/aromatic N) is 4. The van der Waals surface area contributed by atoms with Crippen LogP contribution in [0, 0.1) is 0 Å². The number of rotatable bonds is 7. The fourth-order valence-corrected chi connectivity index (χ4v) is 3.57. The Balaban J connectivity index is 1.37. The van der Waals surface area contributed by atoms with Gasteiger partial charge in [-0.1, -0.05) is 24.8 Å². The smallest absolute Gasteiger partial charge is 0.211 e. The summed E-state index contributed by atoms with van der Waals surface area (Å²) >= 11 is 1.59. The zero-order chi connectivity index (χ0) is 17.8. The lowest BCUT2D eigenvalue weighted by atomic mass is 10.1. The topological polar surface area (TPSA) is 65.4 Å². The van der Waals surface area contributed by atoms with Gasteiger partial charge in [-0.2, -0.15) is 9.78 Å². The molecule has 26 heavy (non-hydrogen) atoms. The Morgan fingerprint density at radius 2 is 2.19 bits per heavy atom. The predicted octanol–water partition coefficient (Wildman–Crippen LogP) is 3.93. The standard InChI is InChI=1S/C19H20N4O2S/c1-2-26-19-22-20-13-23(19)21-11-17-8-9-18(25-17)12-24-16-7-6-14-4-3-5-15(14)10-16/h6-11,13H,2-5,12H2,1H3/b21-11+. The van der Waals surface area contributed by atoms with Crippen molar-refractivity contribution in [3.63, 3.8) is 0 Å². The molecule has 0 radical (unpaired) electrons. The predicted molar refractivity (Wildman–Crippen MR) is 101 cm³/mol. The molecule has 0 bridgehead atoms. The largest absolute Gasteiger partial charge is 0.486 e. The summed E-state index contributed by atoms with van der Waals surface area (Å²) in [5.41, 5.74) is 2.85. The lowest BCUT2D eigenvalue weighted by molar-refractivity contribution is 0.269. The second-order valence-electron chi connectivity index (χ2n) is 6.01. The highest BCUT2D eigenvalue weighted by Gasteiger charge is 2.11. The molecule has 134 valence electrons. The number of fused-ring (bicyclic) bond motifs is 1. The Morgan fingerprint density at radius 1 is 1.27 bits per heavy atom. The first-order valence-corrected chi connectivity index (χ1v) is 9.71. The van der Waals surface area contributed by atoms with E-state index in [9.17, 15) is 0 Å². The van der Waals surface area contributed by atoms with E-state index in [2.05, 4.69) is 34.4 Å². The van der Waals surface area contributed by atoms with E-state index in [1.807, 2.05) is 18.2 Å². The normalized spacial score (nSPS) is 13.4. The quantitative estimate of drug-likeness (QED) is 0.467. The van der Waals surface area contributed by atoms with Gasteiger partial charge in [0.05, 0.1) is 6.21 Å². The van der Waals surface area contributed by atoms with Gasteiger partial charge in [0.25, 0.3) is 0 Å². The monoisotopic (exact) mass is 368 g/mol. The molecule has 0 saturated carbocycles. The van der Waals surface area contributed by atoms with Gasteiger partial charge in [0.15, 0.2) is 0 Å². The van der Waals surface area contributed by atoms with Gasteiger partial charge in [-0.15, -0.1) is 10.2 Å². The number of benzene rings is 1. The number of aromatic nitrogens is 3. The SMILES string of the molecule is CCSc1nncn1/N=C/c1ccc(COc2ccc3c(c2)CCC3)o1. The number of furan rings is 1. The van der Waals surface area contributed by atoms with Crippen LogP contribution in [0.3, 0.4) is 0 Å². The van der Waals surface area contributed by atoms with Crippen LogP contribution in [0.25, 0.3) is 0 Å². The zero-order valence-electron chi connectivity index (χ0n) is 14.6. The average molecular weight is 368 g/mol. The van der Waals surface area contributed by atoms with Crippen LogP contribution >= 0.6 is 11.8 Å². The molecule has 6 nitrogen and oxygen atoms in total. The number of hydrogen-bond acceptors (Lipinski definition) is 6. The van der Waals surface area contributed by atoms with Gasteiger partial charge in [-0.3, -0.25) is 0 Å². The Bertz CT molecular complexity index is 916. The Morgan fingerprint density at radius 3 is 3.12 bits per heavy atom. The van der Waals surface area contributed by atoms with Crippen LogP contribution < -0.4 is 4.74 Å². The van der Waals surface area contributed by atoms with Gasteiger partial charge in [-0.25, -0.2) is 0 Å². The first kappa shape index (κ1) is 16.9. The highest BCUT2D eigenvalue weighted by Crippen LogP contribution is 2.26. The average Bonchev–Trinajstić information content (AvgIpc) is 3.39.